The van der Waals surface area contributed by atoms with E-state index in [2.05, 4.69) is 31.9 Å². The summed E-state index contributed by atoms with van der Waals surface area (Å²) in [5.74, 6) is 0.843. The smallest absolute Gasteiger partial charge is 0.163 e. The van der Waals surface area contributed by atoms with Gasteiger partial charge in [0.25, 0.3) is 0 Å². The van der Waals surface area contributed by atoms with Crippen molar-refractivity contribution in [2.24, 2.45) is 0 Å². The van der Waals surface area contributed by atoms with Crippen molar-refractivity contribution in [3.05, 3.63) is 34.4 Å². The first-order valence-corrected chi connectivity index (χ1v) is 7.78. The van der Waals surface area contributed by atoms with Crippen LogP contribution in [0.25, 0.3) is 0 Å². The zero-order valence-corrected chi connectivity index (χ0v) is 12.6. The first-order valence-electron chi connectivity index (χ1n) is 6.90. The summed E-state index contributed by atoms with van der Waals surface area (Å²) < 4.78 is 0. The standard InChI is InChI=1S/C14H16N6S/c1-11(14-16-4-9-21-14)19-5-7-20(8-6-19)13-3-2-12(10-15)17-18-13/h2-4,9,11H,5-8H2,1H3. The molecule has 6 nitrogen and oxygen atoms in total. The Hall–Kier alpha value is -2.04. The Morgan fingerprint density at radius 3 is 2.62 bits per heavy atom. The van der Waals surface area contributed by atoms with E-state index in [1.807, 2.05) is 23.7 Å². The van der Waals surface area contributed by atoms with Crippen LogP contribution in [0, 0.1) is 11.3 Å². The van der Waals surface area contributed by atoms with E-state index in [1.165, 1.54) is 5.01 Å². The second-order valence-corrected chi connectivity index (χ2v) is 5.88. The van der Waals surface area contributed by atoms with Crippen LogP contribution >= 0.6 is 11.3 Å². The topological polar surface area (TPSA) is 68.9 Å². The molecule has 2 aromatic rings. The van der Waals surface area contributed by atoms with Gasteiger partial charge < -0.3 is 4.90 Å². The highest BCUT2D eigenvalue weighted by Gasteiger charge is 2.24. The Bertz CT molecular complexity index is 610. The summed E-state index contributed by atoms with van der Waals surface area (Å²) in [4.78, 5) is 9.04. The van der Waals surface area contributed by atoms with Crippen molar-refractivity contribution in [2.45, 2.75) is 13.0 Å². The quantitative estimate of drug-likeness (QED) is 0.859. The van der Waals surface area contributed by atoms with Crippen LogP contribution in [-0.4, -0.2) is 46.3 Å². The first kappa shape index (κ1) is 13.9. The number of piperazine rings is 1. The lowest BCUT2D eigenvalue weighted by atomic mass is 10.2. The molecule has 1 aliphatic rings. The van der Waals surface area contributed by atoms with E-state index in [0.29, 0.717) is 11.7 Å². The van der Waals surface area contributed by atoms with E-state index >= 15 is 0 Å². The maximum absolute atomic E-state index is 8.75. The predicted octanol–water partition coefficient (Wildman–Crippen LogP) is 1.69. The molecule has 0 N–H and O–H groups in total. The molecule has 3 rings (SSSR count). The van der Waals surface area contributed by atoms with Gasteiger partial charge in [-0.05, 0) is 19.1 Å². The molecule has 7 heteroatoms. The molecule has 0 radical (unpaired) electrons. The highest BCUT2D eigenvalue weighted by molar-refractivity contribution is 7.09. The molecule has 1 unspecified atom stereocenters. The monoisotopic (exact) mass is 300 g/mol. The van der Waals surface area contributed by atoms with Crippen LogP contribution in [0.2, 0.25) is 0 Å². The van der Waals surface area contributed by atoms with Crippen LogP contribution in [0.4, 0.5) is 5.82 Å². The van der Waals surface area contributed by atoms with Gasteiger partial charge in [0, 0.05) is 37.8 Å². The minimum Gasteiger partial charge on any atom is -0.353 e. The largest absolute Gasteiger partial charge is 0.353 e. The fraction of sp³-hybridized carbons (Fsp3) is 0.429. The average Bonchev–Trinajstić information content (AvgIpc) is 3.09. The van der Waals surface area contributed by atoms with Gasteiger partial charge in [-0.25, -0.2) is 4.98 Å². The summed E-state index contributed by atoms with van der Waals surface area (Å²) in [6.45, 7) is 5.98. The molecule has 0 bridgehead atoms. The summed E-state index contributed by atoms with van der Waals surface area (Å²) in [5.41, 5.74) is 0.356. The first-order chi connectivity index (χ1) is 10.3. The van der Waals surface area contributed by atoms with Crippen molar-refractivity contribution in [1.29, 1.82) is 5.26 Å². The van der Waals surface area contributed by atoms with Crippen LogP contribution in [0.5, 0.6) is 0 Å². The van der Waals surface area contributed by atoms with Crippen LogP contribution in [0.1, 0.15) is 23.7 Å². The minimum absolute atomic E-state index is 0.356. The van der Waals surface area contributed by atoms with Gasteiger partial charge in [0.15, 0.2) is 11.5 Å². The summed E-state index contributed by atoms with van der Waals surface area (Å²) in [5, 5.41) is 19.9. The Morgan fingerprint density at radius 2 is 2.05 bits per heavy atom. The SMILES string of the molecule is CC(c1nccs1)N1CCN(c2ccc(C#N)nn2)CC1. The molecule has 0 saturated carbocycles. The number of rotatable bonds is 3. The molecule has 2 aromatic heterocycles. The van der Waals surface area contributed by atoms with Crippen molar-refractivity contribution in [3.8, 4) is 6.07 Å². The molecule has 3 heterocycles. The van der Waals surface area contributed by atoms with Gasteiger partial charge in [-0.2, -0.15) is 5.26 Å². The van der Waals surface area contributed by atoms with Crippen LogP contribution in [0.15, 0.2) is 23.7 Å². The minimum atomic E-state index is 0.356. The maximum Gasteiger partial charge on any atom is 0.163 e. The highest BCUT2D eigenvalue weighted by Crippen LogP contribution is 2.24. The van der Waals surface area contributed by atoms with Crippen molar-refractivity contribution in [1.82, 2.24) is 20.1 Å². The third-order valence-electron chi connectivity index (χ3n) is 3.76. The molecule has 0 amide bonds. The Labute approximate surface area is 127 Å². The van der Waals surface area contributed by atoms with Gasteiger partial charge in [0.1, 0.15) is 11.1 Å². The van der Waals surface area contributed by atoms with Gasteiger partial charge in [-0.1, -0.05) is 0 Å². The summed E-state index contributed by atoms with van der Waals surface area (Å²) >= 11 is 1.71. The van der Waals surface area contributed by atoms with E-state index in [4.69, 9.17) is 5.26 Å². The van der Waals surface area contributed by atoms with E-state index in [-0.39, 0.29) is 0 Å². The normalized spacial score (nSPS) is 17.4. The molecule has 1 fully saturated rings. The zero-order valence-electron chi connectivity index (χ0n) is 11.8. The molecule has 1 saturated heterocycles. The Morgan fingerprint density at radius 1 is 1.24 bits per heavy atom. The molecular weight excluding hydrogens is 284 g/mol. The van der Waals surface area contributed by atoms with E-state index in [9.17, 15) is 0 Å². The average molecular weight is 300 g/mol. The second kappa shape index (κ2) is 6.16. The molecule has 0 aromatic carbocycles. The van der Waals surface area contributed by atoms with Gasteiger partial charge in [-0.15, -0.1) is 21.5 Å². The van der Waals surface area contributed by atoms with Crippen LogP contribution < -0.4 is 4.90 Å². The number of thiazole rings is 1. The number of anilines is 1. The van der Waals surface area contributed by atoms with Gasteiger partial charge >= 0.3 is 0 Å². The Kier molecular flexibility index (Phi) is 4.08. The van der Waals surface area contributed by atoms with E-state index in [0.717, 1.165) is 32.0 Å². The number of nitriles is 1. The molecule has 0 aliphatic carbocycles. The third kappa shape index (κ3) is 3.01. The van der Waals surface area contributed by atoms with Crippen LogP contribution in [0.3, 0.4) is 0 Å². The van der Waals surface area contributed by atoms with E-state index in [1.54, 1.807) is 17.4 Å². The number of hydrogen-bond acceptors (Lipinski definition) is 7. The fourth-order valence-electron chi connectivity index (χ4n) is 2.49. The molecule has 1 atom stereocenters. The molecule has 1 aliphatic heterocycles. The third-order valence-corrected chi connectivity index (χ3v) is 4.71. The van der Waals surface area contributed by atoms with Crippen molar-refractivity contribution >= 4 is 17.2 Å². The van der Waals surface area contributed by atoms with Gasteiger partial charge in [0.05, 0.1) is 6.04 Å². The summed E-state index contributed by atoms with van der Waals surface area (Å²) in [7, 11) is 0. The van der Waals surface area contributed by atoms with Gasteiger partial charge in [-0.3, -0.25) is 4.90 Å². The summed E-state index contributed by atoms with van der Waals surface area (Å²) in [6.07, 6.45) is 1.86. The van der Waals surface area contributed by atoms with Gasteiger partial charge in [0.2, 0.25) is 0 Å². The van der Waals surface area contributed by atoms with Crippen molar-refractivity contribution in [2.75, 3.05) is 31.1 Å². The van der Waals surface area contributed by atoms with Crippen molar-refractivity contribution in [3.63, 3.8) is 0 Å². The lowest BCUT2D eigenvalue weighted by molar-refractivity contribution is 0.198. The zero-order chi connectivity index (χ0) is 14.7. The lowest BCUT2D eigenvalue weighted by Gasteiger charge is -2.37. The number of nitrogens with zero attached hydrogens (tertiary/aromatic N) is 6. The predicted molar refractivity (Wildman–Crippen MR) is 81.1 cm³/mol. The lowest BCUT2D eigenvalue weighted by Crippen LogP contribution is -2.47. The molecule has 108 valence electrons. The number of aromatic nitrogens is 3. The summed E-state index contributed by atoms with van der Waals surface area (Å²) in [6, 6.07) is 5.93. The maximum atomic E-state index is 8.75. The van der Waals surface area contributed by atoms with Crippen molar-refractivity contribution < 1.29 is 0 Å². The highest BCUT2D eigenvalue weighted by atomic mass is 32.1. The number of hydrogen-bond donors (Lipinski definition) is 0. The molecule has 21 heavy (non-hydrogen) atoms. The molecule has 0 spiro atoms. The second-order valence-electron chi connectivity index (χ2n) is 4.96. The molecular formula is C14H16N6S. The van der Waals surface area contributed by atoms with Crippen LogP contribution in [-0.2, 0) is 0 Å². The van der Waals surface area contributed by atoms with E-state index < -0.39 is 0 Å². The Balaban J connectivity index is 1.61. The fourth-order valence-corrected chi connectivity index (χ4v) is 3.22.